The van der Waals surface area contributed by atoms with E-state index in [1.54, 1.807) is 0 Å². The number of halogens is 3. The fourth-order valence-electron chi connectivity index (χ4n) is 2.41. The maximum absolute atomic E-state index is 12.0. The molecule has 4 N–H and O–H groups in total. The molecule has 1 fully saturated rings. The van der Waals surface area contributed by atoms with Crippen LogP contribution in [0.25, 0.3) is 0 Å². The van der Waals surface area contributed by atoms with Crippen LogP contribution in [0.4, 0.5) is 13.2 Å². The summed E-state index contributed by atoms with van der Waals surface area (Å²) in [5.74, 6) is -2.91. The summed E-state index contributed by atoms with van der Waals surface area (Å²) in [6.07, 6.45) is -3.28. The number of benzene rings is 1. The molecule has 0 spiro atoms. The van der Waals surface area contributed by atoms with Crippen molar-refractivity contribution in [3.05, 3.63) is 35.4 Å². The molecule has 1 aliphatic heterocycles. The summed E-state index contributed by atoms with van der Waals surface area (Å²) in [6, 6.07) is 5.20. The maximum Gasteiger partial charge on any atom is 0.401 e. The lowest BCUT2D eigenvalue weighted by Gasteiger charge is -2.30. The third kappa shape index (κ3) is 7.51. The molecule has 0 radical (unpaired) electrons. The molecule has 1 saturated heterocycles. The van der Waals surface area contributed by atoms with E-state index in [0.717, 1.165) is 6.07 Å². The molecule has 1 aromatic carbocycles. The Labute approximate surface area is 147 Å². The van der Waals surface area contributed by atoms with Gasteiger partial charge in [0.15, 0.2) is 0 Å². The number of amides is 1. The van der Waals surface area contributed by atoms with E-state index in [4.69, 9.17) is 15.9 Å². The lowest BCUT2D eigenvalue weighted by atomic mass is 9.96. The van der Waals surface area contributed by atoms with Crippen LogP contribution in [0.3, 0.4) is 0 Å². The van der Waals surface area contributed by atoms with E-state index >= 15 is 0 Å². The molecule has 10 heteroatoms. The average molecular weight is 376 g/mol. The Kier molecular flexibility index (Phi) is 7.56. The van der Waals surface area contributed by atoms with E-state index in [0.29, 0.717) is 25.9 Å². The second-order valence-electron chi connectivity index (χ2n) is 5.76. The van der Waals surface area contributed by atoms with Crippen molar-refractivity contribution in [1.82, 2.24) is 4.90 Å². The minimum absolute atomic E-state index is 0.0186. The number of hydrogen-bond donors (Lipinski definition) is 3. The van der Waals surface area contributed by atoms with Gasteiger partial charge in [0.25, 0.3) is 0 Å². The lowest BCUT2D eigenvalue weighted by Crippen LogP contribution is -2.42. The summed E-state index contributed by atoms with van der Waals surface area (Å²) in [4.78, 5) is 32.8. The molecule has 1 amide bonds. The Morgan fingerprint density at radius 1 is 1.08 bits per heavy atom. The number of carboxylic acids is 2. The van der Waals surface area contributed by atoms with Crippen LogP contribution in [-0.4, -0.2) is 58.8 Å². The number of nitrogens with two attached hydrogens (primary N) is 1. The summed E-state index contributed by atoms with van der Waals surface area (Å²) in [5.41, 5.74) is 5.02. The van der Waals surface area contributed by atoms with Gasteiger partial charge in [-0.1, -0.05) is 6.07 Å². The standard InChI is InChI=1S/C8H13F3N2O.C8H6O4/c9-8(10,11)5-13-3-1-6(2-4-13)7(12)14;9-7(10)5-2-1-3-6(4-5)8(11)12/h6H,1-5H2,(H2,12,14);1-4H,(H,9,10)(H,11,12). The first-order chi connectivity index (χ1) is 12.0. The van der Waals surface area contributed by atoms with Gasteiger partial charge >= 0.3 is 18.1 Å². The molecule has 2 rings (SSSR count). The Morgan fingerprint density at radius 2 is 1.54 bits per heavy atom. The van der Waals surface area contributed by atoms with Crippen molar-refractivity contribution in [2.75, 3.05) is 19.6 Å². The molecule has 0 bridgehead atoms. The van der Waals surface area contributed by atoms with Gasteiger partial charge in [0, 0.05) is 5.92 Å². The second-order valence-corrected chi connectivity index (χ2v) is 5.76. The zero-order chi connectivity index (χ0) is 19.9. The number of primary amides is 1. The minimum atomic E-state index is -4.15. The van der Waals surface area contributed by atoms with Gasteiger partial charge in [-0.3, -0.25) is 9.69 Å². The predicted molar refractivity (Wildman–Crippen MR) is 84.8 cm³/mol. The highest BCUT2D eigenvalue weighted by atomic mass is 19.4. The number of hydrogen-bond acceptors (Lipinski definition) is 4. The summed E-state index contributed by atoms with van der Waals surface area (Å²) in [7, 11) is 0. The summed E-state index contributed by atoms with van der Waals surface area (Å²) < 4.78 is 35.9. The quantitative estimate of drug-likeness (QED) is 0.737. The number of aromatic carboxylic acids is 2. The Morgan fingerprint density at radius 3 is 1.88 bits per heavy atom. The average Bonchev–Trinajstić information content (AvgIpc) is 2.54. The first kappa shape index (κ1) is 21.4. The van der Waals surface area contributed by atoms with Crippen molar-refractivity contribution in [1.29, 1.82) is 0 Å². The summed E-state index contributed by atoms with van der Waals surface area (Å²) >= 11 is 0. The highest BCUT2D eigenvalue weighted by Crippen LogP contribution is 2.22. The fourth-order valence-corrected chi connectivity index (χ4v) is 2.41. The van der Waals surface area contributed by atoms with Crippen LogP contribution < -0.4 is 5.73 Å². The van der Waals surface area contributed by atoms with Crippen LogP contribution in [0, 0.1) is 5.92 Å². The van der Waals surface area contributed by atoms with Crippen LogP contribution in [0.1, 0.15) is 33.6 Å². The monoisotopic (exact) mass is 376 g/mol. The number of piperidine rings is 1. The molecule has 7 nitrogen and oxygen atoms in total. The van der Waals surface area contributed by atoms with Gasteiger partial charge in [0.05, 0.1) is 17.7 Å². The van der Waals surface area contributed by atoms with Gasteiger partial charge in [-0.05, 0) is 44.1 Å². The molecular weight excluding hydrogens is 357 g/mol. The predicted octanol–water partition coefficient (Wildman–Crippen LogP) is 1.83. The number of nitrogens with zero attached hydrogens (tertiary/aromatic N) is 1. The van der Waals surface area contributed by atoms with E-state index in [1.165, 1.54) is 23.1 Å². The number of carboxylic acid groups (broad SMARTS) is 2. The molecule has 1 aromatic rings. The van der Waals surface area contributed by atoms with Gasteiger partial charge < -0.3 is 15.9 Å². The molecule has 0 atom stereocenters. The third-order valence-corrected chi connectivity index (χ3v) is 3.75. The Balaban J connectivity index is 0.000000263. The van der Waals surface area contributed by atoms with Crippen LogP contribution in [-0.2, 0) is 4.79 Å². The molecule has 26 heavy (non-hydrogen) atoms. The molecule has 0 saturated carbocycles. The molecule has 1 heterocycles. The van der Waals surface area contributed by atoms with Gasteiger partial charge in [-0.15, -0.1) is 0 Å². The topological polar surface area (TPSA) is 121 Å². The van der Waals surface area contributed by atoms with E-state index in [9.17, 15) is 27.6 Å². The highest BCUT2D eigenvalue weighted by molar-refractivity contribution is 5.93. The van der Waals surface area contributed by atoms with Crippen molar-refractivity contribution >= 4 is 17.8 Å². The van der Waals surface area contributed by atoms with Crippen LogP contribution >= 0.6 is 0 Å². The Hall–Kier alpha value is -2.62. The zero-order valence-electron chi connectivity index (χ0n) is 13.7. The first-order valence-electron chi connectivity index (χ1n) is 7.64. The molecular formula is C16H19F3N2O5. The summed E-state index contributed by atoms with van der Waals surface area (Å²) in [6.45, 7) is -0.293. The zero-order valence-corrected chi connectivity index (χ0v) is 13.7. The molecule has 0 aromatic heterocycles. The normalized spacial score (nSPS) is 15.7. The van der Waals surface area contributed by atoms with Gasteiger partial charge in [-0.2, -0.15) is 13.2 Å². The van der Waals surface area contributed by atoms with E-state index < -0.39 is 30.6 Å². The molecule has 0 unspecified atom stereocenters. The molecule has 0 aliphatic carbocycles. The number of alkyl halides is 3. The smallest absolute Gasteiger partial charge is 0.401 e. The molecule has 144 valence electrons. The van der Waals surface area contributed by atoms with E-state index in [-0.39, 0.29) is 17.0 Å². The maximum atomic E-state index is 12.0. The fraction of sp³-hybridized carbons (Fsp3) is 0.438. The van der Waals surface area contributed by atoms with Crippen molar-refractivity contribution < 1.29 is 37.8 Å². The van der Waals surface area contributed by atoms with Crippen molar-refractivity contribution in [3.63, 3.8) is 0 Å². The third-order valence-electron chi connectivity index (χ3n) is 3.75. The number of carbonyl (C=O) groups excluding carboxylic acids is 1. The largest absolute Gasteiger partial charge is 0.478 e. The van der Waals surface area contributed by atoms with Crippen LogP contribution in [0.2, 0.25) is 0 Å². The van der Waals surface area contributed by atoms with Crippen molar-refractivity contribution in [2.24, 2.45) is 11.7 Å². The van der Waals surface area contributed by atoms with Gasteiger partial charge in [0.2, 0.25) is 5.91 Å². The number of carbonyl (C=O) groups is 3. The van der Waals surface area contributed by atoms with Crippen molar-refractivity contribution in [2.45, 2.75) is 19.0 Å². The summed E-state index contributed by atoms with van der Waals surface area (Å²) in [5, 5.41) is 17.0. The van der Waals surface area contributed by atoms with Gasteiger partial charge in [-0.25, -0.2) is 9.59 Å². The van der Waals surface area contributed by atoms with Gasteiger partial charge in [0.1, 0.15) is 0 Å². The minimum Gasteiger partial charge on any atom is -0.478 e. The molecule has 1 aliphatic rings. The lowest BCUT2D eigenvalue weighted by molar-refractivity contribution is -0.149. The Bertz CT molecular complexity index is 626. The number of rotatable bonds is 4. The second kappa shape index (κ2) is 9.18. The van der Waals surface area contributed by atoms with Crippen LogP contribution in [0.5, 0.6) is 0 Å². The SMILES string of the molecule is NC(=O)C1CCN(CC(F)(F)F)CC1.O=C(O)c1cccc(C(=O)O)c1. The number of likely N-dealkylation sites (tertiary alicyclic amines) is 1. The van der Waals surface area contributed by atoms with E-state index in [2.05, 4.69) is 0 Å². The highest BCUT2D eigenvalue weighted by Gasteiger charge is 2.33. The first-order valence-corrected chi connectivity index (χ1v) is 7.64. The van der Waals surface area contributed by atoms with E-state index in [1.807, 2.05) is 0 Å². The van der Waals surface area contributed by atoms with Crippen LogP contribution in [0.15, 0.2) is 24.3 Å². The van der Waals surface area contributed by atoms with Crippen molar-refractivity contribution in [3.8, 4) is 0 Å².